The zero-order valence-electron chi connectivity index (χ0n) is 13.2. The van der Waals surface area contributed by atoms with Crippen LogP contribution in [0.15, 0.2) is 29.3 Å². The Morgan fingerprint density at radius 2 is 2.23 bits per heavy atom. The molecule has 0 aliphatic heterocycles. The highest BCUT2D eigenvalue weighted by molar-refractivity contribution is 7.84. The minimum atomic E-state index is -1.57. The molecule has 0 spiro atoms. The van der Waals surface area contributed by atoms with Gasteiger partial charge in [-0.2, -0.15) is 5.10 Å². The number of hydrogen-bond donors (Lipinski definition) is 2. The zero-order valence-corrected chi connectivity index (χ0v) is 15.6. The number of fused-ring (bicyclic) bond motifs is 2. The van der Waals surface area contributed by atoms with Crippen LogP contribution >= 0.6 is 22.9 Å². The Labute approximate surface area is 157 Å². The first kappa shape index (κ1) is 17.1. The standard InChI is InChI=1S/C16H10ClFN4O2S2/c1-26(24)15-13(18)12(17)11(8-5-20-22-14(8)15)7-2-3-9-10(4-7)25-16(21-9)19-6-23/h2-6H,1H3,(H,20,22)(H,19,21,23). The van der Waals surface area contributed by atoms with E-state index in [1.165, 1.54) is 23.8 Å². The van der Waals surface area contributed by atoms with Gasteiger partial charge in [0.15, 0.2) is 10.9 Å². The number of hydrogen-bond acceptors (Lipinski definition) is 5. The fraction of sp³-hybridized carbons (Fsp3) is 0.0625. The van der Waals surface area contributed by atoms with Crippen LogP contribution in [0.2, 0.25) is 5.02 Å². The lowest BCUT2D eigenvalue weighted by Crippen LogP contribution is -1.98. The van der Waals surface area contributed by atoms with E-state index in [0.717, 1.165) is 4.70 Å². The molecular formula is C16H10ClFN4O2S2. The van der Waals surface area contributed by atoms with Crippen LogP contribution in [0.25, 0.3) is 32.2 Å². The molecule has 26 heavy (non-hydrogen) atoms. The number of aromatic nitrogens is 3. The average molecular weight is 409 g/mol. The van der Waals surface area contributed by atoms with Crippen LogP contribution in [0.3, 0.4) is 0 Å². The monoisotopic (exact) mass is 408 g/mol. The molecule has 0 radical (unpaired) electrons. The summed E-state index contributed by atoms with van der Waals surface area (Å²) >= 11 is 7.59. The van der Waals surface area contributed by atoms with Crippen LogP contribution in [-0.4, -0.2) is 32.1 Å². The van der Waals surface area contributed by atoms with E-state index in [1.54, 1.807) is 12.1 Å². The topological polar surface area (TPSA) is 87.7 Å². The number of H-pyrrole nitrogens is 1. The molecule has 132 valence electrons. The SMILES string of the molecule is CS(=O)c1c(F)c(Cl)c(-c2ccc3nc(NC=O)sc3c2)c2cn[nH]c12. The third-order valence-electron chi connectivity index (χ3n) is 3.89. The van der Waals surface area contributed by atoms with Crippen LogP contribution < -0.4 is 5.32 Å². The Hall–Kier alpha value is -2.36. The van der Waals surface area contributed by atoms with Crippen LogP contribution in [0.1, 0.15) is 0 Å². The molecule has 2 aromatic carbocycles. The smallest absolute Gasteiger partial charge is 0.213 e. The molecule has 0 aliphatic carbocycles. The van der Waals surface area contributed by atoms with Crippen molar-refractivity contribution in [2.24, 2.45) is 0 Å². The normalized spacial score (nSPS) is 12.6. The molecule has 2 aromatic heterocycles. The summed E-state index contributed by atoms with van der Waals surface area (Å²) in [5.41, 5.74) is 2.19. The molecular weight excluding hydrogens is 399 g/mol. The summed E-state index contributed by atoms with van der Waals surface area (Å²) < 4.78 is 27.5. The van der Waals surface area contributed by atoms with Gasteiger partial charge in [0.2, 0.25) is 6.41 Å². The quantitative estimate of drug-likeness (QED) is 0.501. The number of benzene rings is 2. The summed E-state index contributed by atoms with van der Waals surface area (Å²) in [6.07, 6.45) is 3.48. The maximum Gasteiger partial charge on any atom is 0.213 e. The first-order valence-electron chi connectivity index (χ1n) is 7.30. The Bertz CT molecular complexity index is 1200. The lowest BCUT2D eigenvalue weighted by molar-refractivity contribution is -0.105. The van der Waals surface area contributed by atoms with E-state index in [-0.39, 0.29) is 9.92 Å². The highest BCUT2D eigenvalue weighted by Crippen LogP contribution is 2.41. The molecule has 0 aliphatic rings. The van der Waals surface area contributed by atoms with E-state index in [0.29, 0.717) is 39.1 Å². The summed E-state index contributed by atoms with van der Waals surface area (Å²) in [5.74, 6) is -0.730. The summed E-state index contributed by atoms with van der Waals surface area (Å²) in [6, 6.07) is 5.35. The number of nitrogens with zero attached hydrogens (tertiary/aromatic N) is 2. The molecule has 1 unspecified atom stereocenters. The molecule has 0 fully saturated rings. The van der Waals surface area contributed by atoms with Crippen LogP contribution in [-0.2, 0) is 15.6 Å². The average Bonchev–Trinajstić information content (AvgIpc) is 3.21. The highest BCUT2D eigenvalue weighted by atomic mass is 35.5. The van der Waals surface area contributed by atoms with Crippen molar-refractivity contribution in [3.8, 4) is 11.1 Å². The van der Waals surface area contributed by atoms with Crippen LogP contribution in [0.4, 0.5) is 9.52 Å². The molecule has 1 amide bonds. The van der Waals surface area contributed by atoms with Crippen molar-refractivity contribution < 1.29 is 13.4 Å². The third kappa shape index (κ3) is 2.59. The predicted molar refractivity (Wildman–Crippen MR) is 102 cm³/mol. The molecule has 4 rings (SSSR count). The first-order valence-corrected chi connectivity index (χ1v) is 10.0. The molecule has 0 saturated carbocycles. The van der Waals surface area contributed by atoms with Crippen molar-refractivity contribution >= 4 is 66.4 Å². The fourth-order valence-corrected chi connectivity index (χ4v) is 4.85. The minimum absolute atomic E-state index is 0.00240. The molecule has 0 bridgehead atoms. The zero-order chi connectivity index (χ0) is 18.4. The van der Waals surface area contributed by atoms with Gasteiger partial charge in [-0.1, -0.05) is 29.0 Å². The van der Waals surface area contributed by atoms with E-state index < -0.39 is 16.6 Å². The van der Waals surface area contributed by atoms with Gasteiger partial charge < -0.3 is 5.32 Å². The van der Waals surface area contributed by atoms with Gasteiger partial charge in [0.25, 0.3) is 0 Å². The minimum Gasteiger partial charge on any atom is -0.305 e. The fourth-order valence-electron chi connectivity index (χ4n) is 2.83. The van der Waals surface area contributed by atoms with Gasteiger partial charge >= 0.3 is 0 Å². The van der Waals surface area contributed by atoms with Gasteiger partial charge in [-0.3, -0.25) is 14.1 Å². The number of nitrogens with one attached hydrogen (secondary N) is 2. The Morgan fingerprint density at radius 1 is 1.42 bits per heavy atom. The summed E-state index contributed by atoms with van der Waals surface area (Å²) in [5, 5.41) is 10.1. The van der Waals surface area contributed by atoms with E-state index in [1.807, 2.05) is 6.07 Å². The molecule has 4 aromatic rings. The van der Waals surface area contributed by atoms with Gasteiger partial charge in [0.05, 0.1) is 37.8 Å². The van der Waals surface area contributed by atoms with E-state index in [9.17, 15) is 13.4 Å². The van der Waals surface area contributed by atoms with Crippen molar-refractivity contribution in [1.29, 1.82) is 0 Å². The molecule has 10 heteroatoms. The maximum atomic E-state index is 14.8. The van der Waals surface area contributed by atoms with Crippen LogP contribution in [0.5, 0.6) is 0 Å². The van der Waals surface area contributed by atoms with Crippen molar-refractivity contribution in [3.05, 3.63) is 35.2 Å². The number of anilines is 1. The summed E-state index contributed by atoms with van der Waals surface area (Å²) in [4.78, 5) is 14.9. The Balaban J connectivity index is 2.00. The van der Waals surface area contributed by atoms with Crippen molar-refractivity contribution in [2.45, 2.75) is 4.90 Å². The highest BCUT2D eigenvalue weighted by Gasteiger charge is 2.23. The van der Waals surface area contributed by atoms with E-state index >= 15 is 0 Å². The molecule has 2 heterocycles. The van der Waals surface area contributed by atoms with Gasteiger partial charge in [-0.05, 0) is 17.7 Å². The van der Waals surface area contributed by atoms with Crippen molar-refractivity contribution in [2.75, 3.05) is 11.6 Å². The number of carbonyl (C=O) groups excluding carboxylic acids is 1. The van der Waals surface area contributed by atoms with Crippen LogP contribution in [0, 0.1) is 5.82 Å². The second kappa shape index (κ2) is 6.42. The Kier molecular flexibility index (Phi) is 4.22. The number of carbonyl (C=O) groups is 1. The molecule has 0 saturated heterocycles. The second-order valence-electron chi connectivity index (χ2n) is 5.41. The lowest BCUT2D eigenvalue weighted by Gasteiger charge is -2.11. The molecule has 2 N–H and O–H groups in total. The van der Waals surface area contributed by atoms with Gasteiger partial charge in [-0.25, -0.2) is 9.37 Å². The van der Waals surface area contributed by atoms with E-state index in [4.69, 9.17) is 11.6 Å². The first-order chi connectivity index (χ1) is 12.5. The third-order valence-corrected chi connectivity index (χ3v) is 6.16. The number of amides is 1. The van der Waals surface area contributed by atoms with Crippen molar-refractivity contribution in [3.63, 3.8) is 0 Å². The Morgan fingerprint density at radius 3 is 2.96 bits per heavy atom. The van der Waals surface area contributed by atoms with Crippen molar-refractivity contribution in [1.82, 2.24) is 15.2 Å². The number of thiazole rings is 1. The number of aromatic amines is 1. The lowest BCUT2D eigenvalue weighted by atomic mass is 10.0. The summed E-state index contributed by atoms with van der Waals surface area (Å²) in [7, 11) is -1.57. The summed E-state index contributed by atoms with van der Waals surface area (Å²) in [6.45, 7) is 0. The van der Waals surface area contributed by atoms with Gasteiger partial charge in [-0.15, -0.1) is 0 Å². The van der Waals surface area contributed by atoms with Gasteiger partial charge in [0.1, 0.15) is 4.90 Å². The molecule has 1 atom stereocenters. The number of halogens is 2. The molecule has 6 nitrogen and oxygen atoms in total. The number of rotatable bonds is 4. The predicted octanol–water partition coefficient (Wildman–Crippen LogP) is 3.94. The second-order valence-corrected chi connectivity index (χ2v) is 8.13. The largest absolute Gasteiger partial charge is 0.305 e. The van der Waals surface area contributed by atoms with E-state index in [2.05, 4.69) is 20.5 Å². The van der Waals surface area contributed by atoms with Gasteiger partial charge in [0, 0.05) is 17.2 Å². The maximum absolute atomic E-state index is 14.8.